The third-order valence-corrected chi connectivity index (χ3v) is 7.98. The monoisotopic (exact) mass is 413 g/mol. The fourth-order valence-electron chi connectivity index (χ4n) is 6.14. The molecule has 3 aliphatic rings. The minimum Gasteiger partial charge on any atom is -0.461 e. The van der Waals surface area contributed by atoms with Crippen LogP contribution < -0.4 is 5.32 Å². The first-order valence-electron chi connectivity index (χ1n) is 11.1. The van der Waals surface area contributed by atoms with Crippen molar-refractivity contribution in [2.45, 2.75) is 32.4 Å². The summed E-state index contributed by atoms with van der Waals surface area (Å²) >= 11 is 0. The maximum Gasteiger partial charge on any atom is 0.327 e. The molecule has 0 radical (unpaired) electrons. The number of rotatable bonds is 3. The van der Waals surface area contributed by atoms with Crippen molar-refractivity contribution < 1.29 is 9.53 Å². The lowest BCUT2D eigenvalue weighted by molar-refractivity contribution is -0.156. The number of nitrogens with one attached hydrogen (secondary N) is 1. The summed E-state index contributed by atoms with van der Waals surface area (Å²) in [6, 6.07) is 13.8. The van der Waals surface area contributed by atoms with Crippen molar-refractivity contribution in [3.63, 3.8) is 0 Å². The Balaban J connectivity index is 1.42. The van der Waals surface area contributed by atoms with Crippen LogP contribution in [0.5, 0.6) is 0 Å². The van der Waals surface area contributed by atoms with Crippen LogP contribution in [-0.4, -0.2) is 29.1 Å². The van der Waals surface area contributed by atoms with Crippen molar-refractivity contribution >= 4 is 12.0 Å². The highest BCUT2D eigenvalue weighted by Gasteiger charge is 2.70. The lowest BCUT2D eigenvalue weighted by Gasteiger charge is -2.59. The normalized spacial score (nSPS) is 36.3. The highest BCUT2D eigenvalue weighted by Crippen LogP contribution is 2.57. The van der Waals surface area contributed by atoms with Gasteiger partial charge in [-0.3, -0.25) is 9.78 Å². The van der Waals surface area contributed by atoms with Gasteiger partial charge in [0.05, 0.1) is 17.3 Å². The Morgan fingerprint density at radius 2 is 2.00 bits per heavy atom. The molecule has 1 unspecified atom stereocenters. The number of hydrogen-bond donors (Lipinski definition) is 1. The summed E-state index contributed by atoms with van der Waals surface area (Å²) in [5, 5.41) is 12.8. The Morgan fingerprint density at radius 1 is 1.19 bits per heavy atom. The van der Waals surface area contributed by atoms with Crippen LogP contribution in [0.1, 0.15) is 32.0 Å². The molecule has 1 N–H and O–H groups in total. The average molecular weight is 414 g/mol. The summed E-state index contributed by atoms with van der Waals surface area (Å²) < 4.78 is 5.72. The number of esters is 1. The molecule has 3 heterocycles. The number of nitriles is 1. The molecule has 5 nitrogen and oxygen atoms in total. The largest absolute Gasteiger partial charge is 0.461 e. The SMILES string of the molecule is C[C@H]1[C@H](/C=C/c2ccc(-c3ccccc3C#N)cn2)[C@@H]2[C@@H](C)OC(=O)[C@@]23NCC3[C@@H]1C. The number of carbonyl (C=O) groups is 1. The third-order valence-electron chi connectivity index (χ3n) is 7.98. The van der Waals surface area contributed by atoms with Crippen LogP contribution in [-0.2, 0) is 9.53 Å². The molecule has 2 aliphatic heterocycles. The van der Waals surface area contributed by atoms with Crippen LogP contribution in [0.25, 0.3) is 17.2 Å². The Kier molecular flexibility index (Phi) is 4.71. The topological polar surface area (TPSA) is 75.0 Å². The van der Waals surface area contributed by atoms with Gasteiger partial charge >= 0.3 is 5.97 Å². The van der Waals surface area contributed by atoms with Crippen molar-refractivity contribution in [2.75, 3.05) is 6.54 Å². The predicted molar refractivity (Wildman–Crippen MR) is 119 cm³/mol. The molecule has 2 saturated heterocycles. The number of cyclic esters (lactones) is 1. The zero-order valence-electron chi connectivity index (χ0n) is 18.1. The molecule has 2 aromatic rings. The zero-order chi connectivity index (χ0) is 21.8. The molecule has 7 atom stereocenters. The van der Waals surface area contributed by atoms with E-state index in [2.05, 4.69) is 42.4 Å². The number of ether oxygens (including phenoxy) is 1. The summed E-state index contributed by atoms with van der Waals surface area (Å²) in [6.45, 7) is 7.49. The van der Waals surface area contributed by atoms with Crippen molar-refractivity contribution in [3.05, 3.63) is 59.9 Å². The van der Waals surface area contributed by atoms with E-state index in [4.69, 9.17) is 4.74 Å². The van der Waals surface area contributed by atoms with Crippen LogP contribution in [0.15, 0.2) is 48.7 Å². The second-order valence-electron chi connectivity index (χ2n) is 9.28. The van der Waals surface area contributed by atoms with Crippen molar-refractivity contribution in [3.8, 4) is 17.2 Å². The molecule has 0 amide bonds. The molecule has 5 heteroatoms. The van der Waals surface area contributed by atoms with Gasteiger partial charge in [0.25, 0.3) is 0 Å². The van der Waals surface area contributed by atoms with E-state index in [1.807, 2.05) is 49.5 Å². The van der Waals surface area contributed by atoms with E-state index in [0.29, 0.717) is 23.3 Å². The third kappa shape index (κ3) is 2.85. The van der Waals surface area contributed by atoms with Gasteiger partial charge in [-0.15, -0.1) is 0 Å². The quantitative estimate of drug-likeness (QED) is 0.768. The first-order valence-corrected chi connectivity index (χ1v) is 11.1. The average Bonchev–Trinajstić information content (AvgIpc) is 3.04. The minimum atomic E-state index is -0.515. The molecule has 158 valence electrons. The number of carbonyl (C=O) groups excluding carboxylic acids is 1. The van der Waals surface area contributed by atoms with E-state index in [-0.39, 0.29) is 23.9 Å². The molecule has 0 bridgehead atoms. The Hall–Kier alpha value is -2.97. The van der Waals surface area contributed by atoms with Crippen LogP contribution in [0.4, 0.5) is 0 Å². The van der Waals surface area contributed by atoms with Crippen molar-refractivity contribution in [1.29, 1.82) is 5.26 Å². The maximum absolute atomic E-state index is 12.8. The van der Waals surface area contributed by atoms with Gasteiger partial charge in [0.2, 0.25) is 0 Å². The lowest BCUT2D eigenvalue weighted by Crippen LogP contribution is -2.77. The molecule has 31 heavy (non-hydrogen) atoms. The first kappa shape index (κ1) is 20.0. The van der Waals surface area contributed by atoms with E-state index in [1.165, 1.54) is 0 Å². The van der Waals surface area contributed by atoms with Gasteiger partial charge in [-0.25, -0.2) is 0 Å². The van der Waals surface area contributed by atoms with E-state index >= 15 is 0 Å². The fourth-order valence-corrected chi connectivity index (χ4v) is 6.14. The number of nitrogens with zero attached hydrogens (tertiary/aromatic N) is 2. The second-order valence-corrected chi connectivity index (χ2v) is 9.28. The standard InChI is InChI=1S/C26H27N3O2/c1-15-16(2)23-14-29-26(23)24(17(3)31-25(26)30)21(15)11-10-20-9-8-19(13-28-20)22-7-5-4-6-18(22)12-27/h4-11,13,15-17,21,23-24,29H,14H2,1-3H3/b11-10+/t15-,16-,17-,21+,23?,24+,26+/m1/s1. The number of allylic oxidation sites excluding steroid dienone is 1. The van der Waals surface area contributed by atoms with E-state index in [1.54, 1.807) is 0 Å². The number of benzene rings is 1. The summed E-state index contributed by atoms with van der Waals surface area (Å²) in [5.41, 5.74) is 2.82. The van der Waals surface area contributed by atoms with Gasteiger partial charge in [0, 0.05) is 35.7 Å². The fraction of sp³-hybridized carbons (Fsp3) is 0.423. The van der Waals surface area contributed by atoms with Crippen molar-refractivity contribution in [2.24, 2.45) is 29.6 Å². The Bertz CT molecular complexity index is 1090. The van der Waals surface area contributed by atoms with Gasteiger partial charge in [-0.05, 0) is 42.9 Å². The molecule has 1 spiro atoms. The number of aromatic nitrogens is 1. The molecule has 1 aromatic heterocycles. The molecule has 3 fully saturated rings. The number of pyridine rings is 1. The maximum atomic E-state index is 12.8. The predicted octanol–water partition coefficient (Wildman–Crippen LogP) is 4.06. The van der Waals surface area contributed by atoms with Crippen LogP contribution in [0.3, 0.4) is 0 Å². The van der Waals surface area contributed by atoms with Crippen LogP contribution >= 0.6 is 0 Å². The summed E-state index contributed by atoms with van der Waals surface area (Å²) in [4.78, 5) is 17.4. The first-order chi connectivity index (χ1) is 15.0. The Labute approximate surface area is 183 Å². The van der Waals surface area contributed by atoms with Crippen molar-refractivity contribution in [1.82, 2.24) is 10.3 Å². The second kappa shape index (κ2) is 7.32. The summed E-state index contributed by atoms with van der Waals surface area (Å²) in [6.07, 6.45) is 6.02. The van der Waals surface area contributed by atoms with Gasteiger partial charge < -0.3 is 10.1 Å². The lowest BCUT2D eigenvalue weighted by atomic mass is 9.50. The molecule has 5 rings (SSSR count). The molecule has 1 aliphatic carbocycles. The smallest absolute Gasteiger partial charge is 0.327 e. The van der Waals surface area contributed by atoms with Gasteiger partial charge in [-0.1, -0.05) is 44.2 Å². The van der Waals surface area contributed by atoms with Crippen LogP contribution in [0.2, 0.25) is 0 Å². The molecule has 1 saturated carbocycles. The van der Waals surface area contributed by atoms with E-state index < -0.39 is 5.54 Å². The summed E-state index contributed by atoms with van der Waals surface area (Å²) in [5.74, 6) is 1.57. The Morgan fingerprint density at radius 3 is 2.68 bits per heavy atom. The van der Waals surface area contributed by atoms with E-state index in [0.717, 1.165) is 23.4 Å². The molecular weight excluding hydrogens is 386 g/mol. The highest BCUT2D eigenvalue weighted by atomic mass is 16.6. The van der Waals surface area contributed by atoms with Gasteiger partial charge in [-0.2, -0.15) is 5.26 Å². The van der Waals surface area contributed by atoms with E-state index in [9.17, 15) is 10.1 Å². The highest BCUT2D eigenvalue weighted by molar-refractivity contribution is 5.86. The summed E-state index contributed by atoms with van der Waals surface area (Å²) in [7, 11) is 0. The number of hydrogen-bond acceptors (Lipinski definition) is 5. The van der Waals surface area contributed by atoms with Gasteiger partial charge in [0.1, 0.15) is 11.6 Å². The molecular formula is C26H27N3O2. The minimum absolute atomic E-state index is 0.0722. The van der Waals surface area contributed by atoms with Crippen LogP contribution in [0, 0.1) is 40.9 Å². The molecule has 1 aromatic carbocycles. The van der Waals surface area contributed by atoms with Gasteiger partial charge in [0.15, 0.2) is 0 Å². The zero-order valence-corrected chi connectivity index (χ0v) is 18.1.